The normalized spacial score (nSPS) is 10.5. The summed E-state index contributed by atoms with van der Waals surface area (Å²) in [5, 5.41) is 6.84. The van der Waals surface area contributed by atoms with Gasteiger partial charge >= 0.3 is 0 Å². The summed E-state index contributed by atoms with van der Waals surface area (Å²) in [6.07, 6.45) is 1.64. The molecule has 0 aliphatic rings. The lowest BCUT2D eigenvalue weighted by atomic mass is 10.3. The molecule has 1 N–H and O–H groups in total. The third-order valence-corrected chi connectivity index (χ3v) is 1.67. The molecule has 0 bridgehead atoms. The molecule has 0 aromatic carbocycles. The summed E-state index contributed by atoms with van der Waals surface area (Å²) in [7, 11) is 0. The van der Waals surface area contributed by atoms with Gasteiger partial charge in [0.25, 0.3) is 5.91 Å². The molecule has 0 atom stereocenters. The molecule has 1 amide bonds. The number of nitrogens with zero attached hydrogens (tertiary/aromatic N) is 2. The van der Waals surface area contributed by atoms with E-state index in [2.05, 4.69) is 10.4 Å². The van der Waals surface area contributed by atoms with Crippen LogP contribution in [-0.4, -0.2) is 21.7 Å². The maximum atomic E-state index is 11.5. The highest BCUT2D eigenvalue weighted by Crippen LogP contribution is 1.98. The molecule has 0 saturated heterocycles. The van der Waals surface area contributed by atoms with Gasteiger partial charge in [-0.15, -0.1) is 0 Å². The molecule has 0 aliphatic heterocycles. The lowest BCUT2D eigenvalue weighted by molar-refractivity contribution is 0.0932. The standard InChI is InChI=1S/C9H15N3O/c1-4-12-8(5-6-10-12)9(13)11-7(2)3/h5-7H,4H2,1-3H3,(H,11,13). The number of aryl methyl sites for hydroxylation is 1. The van der Waals surface area contributed by atoms with Crippen LogP contribution in [0, 0.1) is 0 Å². The van der Waals surface area contributed by atoms with Crippen molar-refractivity contribution >= 4 is 5.91 Å². The summed E-state index contributed by atoms with van der Waals surface area (Å²) >= 11 is 0. The molecule has 0 spiro atoms. The molecule has 72 valence electrons. The first-order valence-corrected chi connectivity index (χ1v) is 4.47. The van der Waals surface area contributed by atoms with Crippen LogP contribution in [0.5, 0.6) is 0 Å². The molecule has 0 unspecified atom stereocenters. The van der Waals surface area contributed by atoms with Crippen LogP contribution in [0.3, 0.4) is 0 Å². The Kier molecular flexibility index (Phi) is 3.06. The molecular weight excluding hydrogens is 166 g/mol. The number of hydrogen-bond acceptors (Lipinski definition) is 2. The zero-order chi connectivity index (χ0) is 9.84. The van der Waals surface area contributed by atoms with Gasteiger partial charge in [-0.1, -0.05) is 0 Å². The first-order valence-electron chi connectivity index (χ1n) is 4.47. The van der Waals surface area contributed by atoms with E-state index in [0.717, 1.165) is 0 Å². The average molecular weight is 181 g/mol. The SMILES string of the molecule is CCn1nccc1C(=O)NC(C)C. The largest absolute Gasteiger partial charge is 0.349 e. The fraction of sp³-hybridized carbons (Fsp3) is 0.556. The Balaban J connectivity index is 2.76. The molecule has 1 heterocycles. The number of aromatic nitrogens is 2. The van der Waals surface area contributed by atoms with Crippen molar-refractivity contribution in [3.63, 3.8) is 0 Å². The molecule has 0 aliphatic carbocycles. The first-order chi connectivity index (χ1) is 6.15. The Morgan fingerprint density at radius 1 is 1.69 bits per heavy atom. The Labute approximate surface area is 77.9 Å². The minimum absolute atomic E-state index is 0.0608. The average Bonchev–Trinajstić information content (AvgIpc) is 2.49. The topological polar surface area (TPSA) is 46.9 Å². The fourth-order valence-electron chi connectivity index (χ4n) is 1.11. The van der Waals surface area contributed by atoms with Crippen LogP contribution in [-0.2, 0) is 6.54 Å². The smallest absolute Gasteiger partial charge is 0.269 e. The minimum Gasteiger partial charge on any atom is -0.349 e. The maximum absolute atomic E-state index is 11.5. The van der Waals surface area contributed by atoms with Crippen molar-refractivity contribution in [1.82, 2.24) is 15.1 Å². The predicted octanol–water partition coefficient (Wildman–Crippen LogP) is 1.04. The molecule has 1 aromatic heterocycles. The van der Waals surface area contributed by atoms with E-state index in [-0.39, 0.29) is 11.9 Å². The summed E-state index contributed by atoms with van der Waals surface area (Å²) in [6, 6.07) is 1.88. The van der Waals surface area contributed by atoms with Crippen molar-refractivity contribution in [3.05, 3.63) is 18.0 Å². The zero-order valence-electron chi connectivity index (χ0n) is 8.24. The van der Waals surface area contributed by atoms with E-state index in [9.17, 15) is 4.79 Å². The number of carbonyl (C=O) groups is 1. The monoisotopic (exact) mass is 181 g/mol. The highest BCUT2D eigenvalue weighted by Gasteiger charge is 2.10. The number of amides is 1. The molecule has 0 radical (unpaired) electrons. The van der Waals surface area contributed by atoms with E-state index in [4.69, 9.17) is 0 Å². The van der Waals surface area contributed by atoms with Gasteiger partial charge in [0.15, 0.2) is 0 Å². The van der Waals surface area contributed by atoms with Gasteiger partial charge in [0, 0.05) is 18.8 Å². The summed E-state index contributed by atoms with van der Waals surface area (Å²) in [6.45, 7) is 6.54. The van der Waals surface area contributed by atoms with Gasteiger partial charge in [-0.05, 0) is 26.8 Å². The number of hydrogen-bond donors (Lipinski definition) is 1. The third-order valence-electron chi connectivity index (χ3n) is 1.67. The van der Waals surface area contributed by atoms with Crippen LogP contribution in [0.2, 0.25) is 0 Å². The number of rotatable bonds is 3. The van der Waals surface area contributed by atoms with E-state index < -0.39 is 0 Å². The maximum Gasteiger partial charge on any atom is 0.269 e. The third kappa shape index (κ3) is 2.31. The Bertz CT molecular complexity index is 291. The predicted molar refractivity (Wildman–Crippen MR) is 50.5 cm³/mol. The molecule has 1 aromatic rings. The molecule has 1 rings (SSSR count). The summed E-state index contributed by atoms with van der Waals surface area (Å²) in [5.41, 5.74) is 0.621. The molecular formula is C9H15N3O. The Morgan fingerprint density at radius 3 is 2.92 bits per heavy atom. The quantitative estimate of drug-likeness (QED) is 0.757. The summed E-state index contributed by atoms with van der Waals surface area (Å²) in [5.74, 6) is -0.0608. The molecule has 13 heavy (non-hydrogen) atoms. The van der Waals surface area contributed by atoms with Gasteiger partial charge in [-0.25, -0.2) is 0 Å². The fourth-order valence-corrected chi connectivity index (χ4v) is 1.11. The van der Waals surface area contributed by atoms with E-state index in [1.807, 2.05) is 20.8 Å². The van der Waals surface area contributed by atoms with Gasteiger partial charge in [0.2, 0.25) is 0 Å². The summed E-state index contributed by atoms with van der Waals surface area (Å²) in [4.78, 5) is 11.5. The second kappa shape index (κ2) is 4.07. The summed E-state index contributed by atoms with van der Waals surface area (Å²) < 4.78 is 1.68. The van der Waals surface area contributed by atoms with Crippen molar-refractivity contribution in [2.24, 2.45) is 0 Å². The van der Waals surface area contributed by atoms with Gasteiger partial charge in [-0.3, -0.25) is 9.48 Å². The molecule has 4 nitrogen and oxygen atoms in total. The van der Waals surface area contributed by atoms with Crippen molar-refractivity contribution in [2.75, 3.05) is 0 Å². The highest BCUT2D eigenvalue weighted by atomic mass is 16.2. The Morgan fingerprint density at radius 2 is 2.38 bits per heavy atom. The van der Waals surface area contributed by atoms with Crippen molar-refractivity contribution in [2.45, 2.75) is 33.4 Å². The van der Waals surface area contributed by atoms with E-state index in [0.29, 0.717) is 12.2 Å². The lowest BCUT2D eigenvalue weighted by Crippen LogP contribution is -2.31. The van der Waals surface area contributed by atoms with Crippen LogP contribution in [0.4, 0.5) is 0 Å². The van der Waals surface area contributed by atoms with Crippen LogP contribution in [0.1, 0.15) is 31.3 Å². The second-order valence-electron chi connectivity index (χ2n) is 3.16. The van der Waals surface area contributed by atoms with Gasteiger partial charge in [-0.2, -0.15) is 5.10 Å². The van der Waals surface area contributed by atoms with Crippen LogP contribution in [0.25, 0.3) is 0 Å². The molecule has 0 fully saturated rings. The van der Waals surface area contributed by atoms with Crippen molar-refractivity contribution < 1.29 is 4.79 Å². The van der Waals surface area contributed by atoms with E-state index >= 15 is 0 Å². The van der Waals surface area contributed by atoms with Crippen LogP contribution in [0.15, 0.2) is 12.3 Å². The van der Waals surface area contributed by atoms with Crippen LogP contribution < -0.4 is 5.32 Å². The van der Waals surface area contributed by atoms with E-state index in [1.54, 1.807) is 16.9 Å². The van der Waals surface area contributed by atoms with Gasteiger partial charge < -0.3 is 5.32 Å². The lowest BCUT2D eigenvalue weighted by Gasteiger charge is -2.08. The highest BCUT2D eigenvalue weighted by molar-refractivity contribution is 5.92. The van der Waals surface area contributed by atoms with Crippen molar-refractivity contribution in [3.8, 4) is 0 Å². The van der Waals surface area contributed by atoms with Gasteiger partial charge in [0.1, 0.15) is 5.69 Å². The number of nitrogens with one attached hydrogen (secondary N) is 1. The van der Waals surface area contributed by atoms with E-state index in [1.165, 1.54) is 0 Å². The number of carbonyl (C=O) groups excluding carboxylic acids is 1. The zero-order valence-corrected chi connectivity index (χ0v) is 8.24. The molecule has 0 saturated carbocycles. The van der Waals surface area contributed by atoms with Crippen LogP contribution >= 0.6 is 0 Å². The Hall–Kier alpha value is -1.32. The minimum atomic E-state index is -0.0608. The molecule has 4 heteroatoms. The van der Waals surface area contributed by atoms with Gasteiger partial charge in [0.05, 0.1) is 0 Å². The second-order valence-corrected chi connectivity index (χ2v) is 3.16. The first kappa shape index (κ1) is 9.77. The van der Waals surface area contributed by atoms with Crippen molar-refractivity contribution in [1.29, 1.82) is 0 Å².